The zero-order valence-electron chi connectivity index (χ0n) is 18.6. The lowest BCUT2D eigenvalue weighted by molar-refractivity contribution is -0.164. The van der Waals surface area contributed by atoms with Crippen molar-refractivity contribution in [2.45, 2.75) is 44.9 Å². The van der Waals surface area contributed by atoms with E-state index in [1.54, 1.807) is 41.3 Å². The van der Waals surface area contributed by atoms with E-state index in [1.165, 1.54) is 12.1 Å². The van der Waals surface area contributed by atoms with Crippen molar-refractivity contribution in [1.29, 1.82) is 0 Å². The maximum atomic E-state index is 13.1. The summed E-state index contributed by atoms with van der Waals surface area (Å²) >= 11 is 0. The van der Waals surface area contributed by atoms with Gasteiger partial charge in [-0.1, -0.05) is 30.7 Å². The van der Waals surface area contributed by atoms with E-state index in [1.807, 2.05) is 0 Å². The molecule has 10 heteroatoms. The lowest BCUT2D eigenvalue weighted by Crippen LogP contribution is -2.44. The highest BCUT2D eigenvalue weighted by atomic mass is 19.4. The number of nitrogens with one attached hydrogen (secondary N) is 1. The number of rotatable bonds is 6. The Bertz CT molecular complexity index is 1020. The number of hydrogen-bond donors (Lipinski definition) is 2. The molecule has 182 valence electrons. The smallest absolute Gasteiger partial charge is 0.326 e. The molecule has 0 radical (unpaired) electrons. The molecule has 2 aromatic rings. The minimum absolute atomic E-state index is 0.0194. The molecule has 0 aliphatic carbocycles. The van der Waals surface area contributed by atoms with Gasteiger partial charge in [-0.25, -0.2) is 0 Å². The van der Waals surface area contributed by atoms with Crippen molar-refractivity contribution in [3.63, 3.8) is 0 Å². The Balaban J connectivity index is 1.70. The molecule has 0 saturated carbocycles. The van der Waals surface area contributed by atoms with Gasteiger partial charge < -0.3 is 20.9 Å². The number of alkyl halides is 3. The molecule has 1 aliphatic heterocycles. The fraction of sp³-hybridized carbons (Fsp3) is 0.375. The second-order valence-corrected chi connectivity index (χ2v) is 8.16. The summed E-state index contributed by atoms with van der Waals surface area (Å²) in [7, 11) is 0. The number of amides is 3. The zero-order chi connectivity index (χ0) is 24.7. The number of anilines is 2. The topological polar surface area (TPSA) is 95.7 Å². The fourth-order valence-electron chi connectivity index (χ4n) is 3.80. The van der Waals surface area contributed by atoms with Gasteiger partial charge in [0.1, 0.15) is 6.54 Å². The summed E-state index contributed by atoms with van der Waals surface area (Å²) in [5.74, 6) is -2.47. The first kappa shape index (κ1) is 25.2. The highest BCUT2D eigenvalue weighted by Crippen LogP contribution is 2.23. The van der Waals surface area contributed by atoms with Gasteiger partial charge in [0.05, 0.1) is 0 Å². The standard InChI is InChI=1S/C24H27F3N4O3/c25-24(26,27)16-30(15-18-6-4-5-17(13-18)14-28)23(34)22(33)29-19-8-10-20(11-9-19)31-12-3-1-2-7-21(31)32/h4-6,8-11,13H,1-3,7,12,14-16,28H2,(H,29,33). The SMILES string of the molecule is NCc1cccc(CN(CC(F)(F)F)C(=O)C(=O)Nc2ccc(N3CCCCCC3=O)cc2)c1. The highest BCUT2D eigenvalue weighted by molar-refractivity contribution is 6.39. The van der Waals surface area contributed by atoms with Gasteiger partial charge in [-0.15, -0.1) is 0 Å². The van der Waals surface area contributed by atoms with Crippen LogP contribution in [0.3, 0.4) is 0 Å². The van der Waals surface area contributed by atoms with E-state index >= 15 is 0 Å². The van der Waals surface area contributed by atoms with Gasteiger partial charge in [-0.3, -0.25) is 14.4 Å². The zero-order valence-corrected chi connectivity index (χ0v) is 18.6. The lowest BCUT2D eigenvalue weighted by atomic mass is 10.1. The van der Waals surface area contributed by atoms with Crippen molar-refractivity contribution in [3.05, 3.63) is 59.7 Å². The van der Waals surface area contributed by atoms with E-state index in [-0.39, 0.29) is 18.1 Å². The Morgan fingerprint density at radius 1 is 1.03 bits per heavy atom. The van der Waals surface area contributed by atoms with Gasteiger partial charge in [0, 0.05) is 37.4 Å². The first-order valence-corrected chi connectivity index (χ1v) is 11.0. The first-order chi connectivity index (χ1) is 16.2. The molecule has 1 aliphatic rings. The molecule has 3 N–H and O–H groups in total. The minimum Gasteiger partial charge on any atom is -0.326 e. The predicted molar refractivity (Wildman–Crippen MR) is 122 cm³/mol. The van der Waals surface area contributed by atoms with Crippen LogP contribution in [-0.2, 0) is 27.5 Å². The van der Waals surface area contributed by atoms with Crippen LogP contribution >= 0.6 is 0 Å². The van der Waals surface area contributed by atoms with Crippen molar-refractivity contribution in [2.24, 2.45) is 5.73 Å². The molecule has 0 unspecified atom stereocenters. The molecule has 0 atom stereocenters. The van der Waals surface area contributed by atoms with Crippen LogP contribution in [0.2, 0.25) is 0 Å². The van der Waals surface area contributed by atoms with Crippen LogP contribution in [0.4, 0.5) is 24.5 Å². The Labute approximate surface area is 195 Å². The van der Waals surface area contributed by atoms with Gasteiger partial charge in [0.2, 0.25) is 5.91 Å². The van der Waals surface area contributed by atoms with Crippen LogP contribution in [0.25, 0.3) is 0 Å². The van der Waals surface area contributed by atoms with Crippen LogP contribution in [0.15, 0.2) is 48.5 Å². The lowest BCUT2D eigenvalue weighted by Gasteiger charge is -2.24. The van der Waals surface area contributed by atoms with Gasteiger partial charge in [0.15, 0.2) is 0 Å². The molecule has 7 nitrogen and oxygen atoms in total. The second kappa shape index (κ2) is 11.1. The number of nitrogens with two attached hydrogens (primary N) is 1. The molecular weight excluding hydrogens is 449 g/mol. The highest BCUT2D eigenvalue weighted by Gasteiger charge is 2.35. The summed E-state index contributed by atoms with van der Waals surface area (Å²) in [4.78, 5) is 39.5. The molecule has 2 aromatic carbocycles. The second-order valence-electron chi connectivity index (χ2n) is 8.16. The molecular formula is C24H27F3N4O3. The third-order valence-electron chi connectivity index (χ3n) is 5.46. The van der Waals surface area contributed by atoms with Crippen LogP contribution in [0.5, 0.6) is 0 Å². The monoisotopic (exact) mass is 476 g/mol. The molecule has 0 bridgehead atoms. The molecule has 0 aromatic heterocycles. The molecule has 1 fully saturated rings. The summed E-state index contributed by atoms with van der Waals surface area (Å²) in [6.45, 7) is -1.17. The number of carbonyl (C=O) groups excluding carboxylic acids is 3. The van der Waals surface area contributed by atoms with Crippen molar-refractivity contribution in [2.75, 3.05) is 23.3 Å². The Kier molecular flexibility index (Phi) is 8.27. The van der Waals surface area contributed by atoms with E-state index < -0.39 is 31.1 Å². The summed E-state index contributed by atoms with van der Waals surface area (Å²) < 4.78 is 39.3. The number of carbonyl (C=O) groups is 3. The van der Waals surface area contributed by atoms with Crippen molar-refractivity contribution < 1.29 is 27.6 Å². The third-order valence-corrected chi connectivity index (χ3v) is 5.46. The van der Waals surface area contributed by atoms with Crippen LogP contribution in [0, 0.1) is 0 Å². The van der Waals surface area contributed by atoms with E-state index in [2.05, 4.69) is 5.32 Å². The van der Waals surface area contributed by atoms with Crippen LogP contribution in [-0.4, -0.2) is 41.9 Å². The average Bonchev–Trinajstić information content (AvgIpc) is 3.02. The quantitative estimate of drug-likeness (QED) is 0.623. The Morgan fingerprint density at radius 3 is 2.41 bits per heavy atom. The van der Waals surface area contributed by atoms with E-state index in [4.69, 9.17) is 5.73 Å². The maximum Gasteiger partial charge on any atom is 0.406 e. The van der Waals surface area contributed by atoms with Gasteiger partial charge in [-0.2, -0.15) is 13.2 Å². The largest absolute Gasteiger partial charge is 0.406 e. The summed E-state index contributed by atoms with van der Waals surface area (Å²) in [5.41, 5.74) is 7.60. The van der Waals surface area contributed by atoms with Crippen LogP contribution < -0.4 is 16.0 Å². The summed E-state index contributed by atoms with van der Waals surface area (Å²) in [6, 6.07) is 12.8. The first-order valence-electron chi connectivity index (χ1n) is 11.0. The van der Waals surface area contributed by atoms with Gasteiger partial charge in [-0.05, 0) is 48.2 Å². The number of hydrogen-bond acceptors (Lipinski definition) is 4. The third kappa shape index (κ3) is 7.05. The average molecular weight is 476 g/mol. The molecule has 1 heterocycles. The summed E-state index contributed by atoms with van der Waals surface area (Å²) in [5, 5.41) is 2.35. The van der Waals surface area contributed by atoms with Gasteiger partial charge >= 0.3 is 18.0 Å². The molecule has 34 heavy (non-hydrogen) atoms. The molecule has 3 rings (SSSR count). The molecule has 3 amide bonds. The normalized spacial score (nSPS) is 14.5. The van der Waals surface area contributed by atoms with Crippen molar-refractivity contribution in [3.8, 4) is 0 Å². The number of nitrogens with zero attached hydrogens (tertiary/aromatic N) is 2. The van der Waals surface area contributed by atoms with E-state index in [0.29, 0.717) is 34.7 Å². The minimum atomic E-state index is -4.68. The number of benzene rings is 2. The summed E-state index contributed by atoms with van der Waals surface area (Å²) in [6.07, 6.45) is -1.50. The van der Waals surface area contributed by atoms with E-state index in [9.17, 15) is 27.6 Å². The Morgan fingerprint density at radius 2 is 1.74 bits per heavy atom. The predicted octanol–water partition coefficient (Wildman–Crippen LogP) is 3.58. The van der Waals surface area contributed by atoms with Crippen molar-refractivity contribution in [1.82, 2.24) is 4.90 Å². The van der Waals surface area contributed by atoms with E-state index in [0.717, 1.165) is 19.3 Å². The molecule has 1 saturated heterocycles. The number of halogens is 3. The van der Waals surface area contributed by atoms with Crippen molar-refractivity contribution >= 4 is 29.1 Å². The fourth-order valence-corrected chi connectivity index (χ4v) is 3.80. The van der Waals surface area contributed by atoms with Crippen LogP contribution in [0.1, 0.15) is 36.8 Å². The van der Waals surface area contributed by atoms with Gasteiger partial charge in [0.25, 0.3) is 0 Å². The Hall–Kier alpha value is -3.40. The maximum absolute atomic E-state index is 13.1. The molecule has 0 spiro atoms.